The molecular weight excluding hydrogens is 520 g/mol. The summed E-state index contributed by atoms with van der Waals surface area (Å²) in [7, 11) is 1.79. The Bertz CT molecular complexity index is 1430. The van der Waals surface area contributed by atoms with Crippen LogP contribution < -0.4 is 15.4 Å². The van der Waals surface area contributed by atoms with Crippen LogP contribution in [0.25, 0.3) is 11.0 Å². The first-order chi connectivity index (χ1) is 20.1. The van der Waals surface area contributed by atoms with Gasteiger partial charge in [0.2, 0.25) is 0 Å². The Hall–Kier alpha value is -4.25. The second-order valence-corrected chi connectivity index (χ2v) is 10.4. The van der Waals surface area contributed by atoms with Gasteiger partial charge in [0.25, 0.3) is 0 Å². The number of aliphatic carboxylic acids is 1. The molecule has 1 aliphatic heterocycles. The number of fused-ring (bicyclic) bond motifs is 2. The van der Waals surface area contributed by atoms with Crippen molar-refractivity contribution in [3.05, 3.63) is 66.2 Å². The number of carboxylic acid groups (broad SMARTS) is 1. The summed E-state index contributed by atoms with van der Waals surface area (Å²) in [5, 5.41) is 21.4. The van der Waals surface area contributed by atoms with Crippen LogP contribution in [0.5, 0.6) is 5.75 Å². The molecule has 41 heavy (non-hydrogen) atoms. The number of hydrogen-bond donors (Lipinski definition) is 3. The van der Waals surface area contributed by atoms with Crippen LogP contribution in [0.3, 0.4) is 0 Å². The molecule has 1 aliphatic rings. The number of pyridine rings is 1. The van der Waals surface area contributed by atoms with E-state index in [4.69, 9.17) is 9.72 Å². The first-order valence-electron chi connectivity index (χ1n) is 14.3. The van der Waals surface area contributed by atoms with Gasteiger partial charge in [0.15, 0.2) is 5.65 Å². The van der Waals surface area contributed by atoms with Gasteiger partial charge < -0.3 is 20.5 Å². The Kier molecular flexibility index (Phi) is 9.58. The number of aromatic nitrogens is 5. The Morgan fingerprint density at radius 3 is 2.88 bits per heavy atom. The van der Waals surface area contributed by atoms with E-state index >= 15 is 0 Å². The summed E-state index contributed by atoms with van der Waals surface area (Å²) in [6, 6.07) is 13.3. The third-order valence-corrected chi connectivity index (χ3v) is 7.40. The van der Waals surface area contributed by atoms with Gasteiger partial charge in [0.05, 0.1) is 11.6 Å². The number of ether oxygens (including phenoxy) is 1. The van der Waals surface area contributed by atoms with Crippen molar-refractivity contribution in [3.63, 3.8) is 0 Å². The minimum absolute atomic E-state index is 0.407. The van der Waals surface area contributed by atoms with Crippen LogP contribution in [0.4, 0.5) is 11.6 Å². The molecule has 0 aliphatic carbocycles. The molecule has 11 heteroatoms. The molecule has 4 aromatic rings. The molecule has 3 aromatic heterocycles. The summed E-state index contributed by atoms with van der Waals surface area (Å²) in [6.07, 6.45) is 8.62. The van der Waals surface area contributed by atoms with Crippen LogP contribution in [0.2, 0.25) is 0 Å². The third kappa shape index (κ3) is 7.69. The molecule has 1 unspecified atom stereocenters. The molecule has 0 radical (unpaired) electrons. The number of anilines is 2. The molecule has 11 nitrogen and oxygen atoms in total. The normalized spacial score (nSPS) is 13.5. The van der Waals surface area contributed by atoms with Crippen LogP contribution in [-0.4, -0.2) is 79.5 Å². The lowest BCUT2D eigenvalue weighted by Gasteiger charge is -2.25. The summed E-state index contributed by atoms with van der Waals surface area (Å²) in [6.45, 7) is 3.65. The number of rotatable bonds is 15. The van der Waals surface area contributed by atoms with E-state index in [9.17, 15) is 9.90 Å². The van der Waals surface area contributed by atoms with Crippen molar-refractivity contribution in [2.45, 2.75) is 44.6 Å². The number of carbonyl (C=O) groups is 1. The van der Waals surface area contributed by atoms with Gasteiger partial charge in [-0.2, -0.15) is 5.10 Å². The Morgan fingerprint density at radius 1 is 1.15 bits per heavy atom. The van der Waals surface area contributed by atoms with Crippen LogP contribution in [-0.2, 0) is 24.7 Å². The monoisotopic (exact) mass is 558 g/mol. The molecule has 0 bridgehead atoms. The number of unbranched alkanes of at least 4 members (excludes halogenated alkanes) is 1. The van der Waals surface area contributed by atoms with Crippen molar-refractivity contribution < 1.29 is 14.6 Å². The largest absolute Gasteiger partial charge is 0.492 e. The molecule has 0 saturated carbocycles. The average Bonchev–Trinajstić information content (AvgIpc) is 3.38. The van der Waals surface area contributed by atoms with Gasteiger partial charge >= 0.3 is 5.97 Å². The predicted molar refractivity (Wildman–Crippen MR) is 158 cm³/mol. The molecule has 0 amide bonds. The zero-order valence-corrected chi connectivity index (χ0v) is 23.5. The number of nitrogens with one attached hydrogen (secondary N) is 2. The molecule has 0 fully saturated rings. The second kappa shape index (κ2) is 13.9. The number of aryl methyl sites for hydroxylation is 3. The summed E-state index contributed by atoms with van der Waals surface area (Å²) >= 11 is 0. The van der Waals surface area contributed by atoms with Crippen LogP contribution >= 0.6 is 0 Å². The molecule has 0 saturated heterocycles. The SMILES string of the molecule is Cn1ncc2c(NC(CCN(CCCCc3ccc4c(n3)NCCC4)CCOc3ccccc3)C(=O)O)ncnc21. The quantitative estimate of drug-likeness (QED) is 0.185. The van der Waals surface area contributed by atoms with Gasteiger partial charge in [-0.3, -0.25) is 9.58 Å². The molecule has 0 spiro atoms. The van der Waals surface area contributed by atoms with E-state index in [1.807, 2.05) is 30.3 Å². The van der Waals surface area contributed by atoms with Crippen LogP contribution in [0.1, 0.15) is 36.9 Å². The zero-order chi connectivity index (χ0) is 28.4. The minimum Gasteiger partial charge on any atom is -0.492 e. The maximum atomic E-state index is 12.2. The summed E-state index contributed by atoms with van der Waals surface area (Å²) in [5.41, 5.74) is 3.06. The number of nitrogens with zero attached hydrogens (tertiary/aromatic N) is 6. The standard InChI is InChI=1S/C30H38N8O3/c1-37-29-25(20-34-37)28(32-21-33-29)36-26(30(39)40)14-17-38(18-19-41-24-10-3-2-4-11-24)16-6-5-9-23-13-12-22-8-7-15-31-27(22)35-23/h2-4,10-13,20-21,26H,5-9,14-19H2,1H3,(H,31,35)(H,39,40)(H,32,33,36). The molecule has 1 aromatic carbocycles. The Morgan fingerprint density at radius 2 is 2.02 bits per heavy atom. The highest BCUT2D eigenvalue weighted by Crippen LogP contribution is 2.21. The molecule has 3 N–H and O–H groups in total. The molecule has 4 heterocycles. The van der Waals surface area contributed by atoms with Crippen molar-refractivity contribution in [1.82, 2.24) is 29.6 Å². The lowest BCUT2D eigenvalue weighted by atomic mass is 10.1. The number of benzene rings is 1. The van der Waals surface area contributed by atoms with Gasteiger partial charge in [-0.15, -0.1) is 0 Å². The van der Waals surface area contributed by atoms with E-state index in [0.29, 0.717) is 43.0 Å². The van der Waals surface area contributed by atoms with E-state index in [1.165, 1.54) is 11.9 Å². The fraction of sp³-hybridized carbons (Fsp3) is 0.433. The zero-order valence-electron chi connectivity index (χ0n) is 23.5. The van der Waals surface area contributed by atoms with E-state index in [-0.39, 0.29) is 0 Å². The third-order valence-electron chi connectivity index (χ3n) is 7.40. The maximum absolute atomic E-state index is 12.2. The number of para-hydroxylation sites is 1. The first kappa shape index (κ1) is 28.3. The predicted octanol–water partition coefficient (Wildman–Crippen LogP) is 3.78. The molecule has 5 rings (SSSR count). The van der Waals surface area contributed by atoms with Gasteiger partial charge in [0, 0.05) is 32.4 Å². The minimum atomic E-state index is -0.923. The summed E-state index contributed by atoms with van der Waals surface area (Å²) < 4.78 is 7.59. The van der Waals surface area contributed by atoms with E-state index in [2.05, 4.69) is 42.7 Å². The Balaban J connectivity index is 1.17. The van der Waals surface area contributed by atoms with Crippen LogP contribution in [0.15, 0.2) is 55.0 Å². The highest BCUT2D eigenvalue weighted by Gasteiger charge is 2.21. The van der Waals surface area contributed by atoms with Crippen molar-refractivity contribution in [2.24, 2.45) is 7.05 Å². The van der Waals surface area contributed by atoms with E-state index < -0.39 is 12.0 Å². The number of carboxylic acids is 1. The van der Waals surface area contributed by atoms with E-state index in [1.54, 1.807) is 17.9 Å². The van der Waals surface area contributed by atoms with Crippen LogP contribution in [0, 0.1) is 0 Å². The van der Waals surface area contributed by atoms with Crippen molar-refractivity contribution >= 4 is 28.6 Å². The average molecular weight is 559 g/mol. The summed E-state index contributed by atoms with van der Waals surface area (Å²) in [4.78, 5) is 27.8. The van der Waals surface area contributed by atoms with Gasteiger partial charge in [-0.1, -0.05) is 24.3 Å². The summed E-state index contributed by atoms with van der Waals surface area (Å²) in [5.74, 6) is 1.41. The highest BCUT2D eigenvalue weighted by molar-refractivity contribution is 5.88. The van der Waals surface area contributed by atoms with Crippen molar-refractivity contribution in [1.29, 1.82) is 0 Å². The van der Waals surface area contributed by atoms with Gasteiger partial charge in [-0.05, 0) is 68.8 Å². The molecular formula is C30H38N8O3. The lowest BCUT2D eigenvalue weighted by molar-refractivity contribution is -0.138. The van der Waals surface area contributed by atoms with Crippen molar-refractivity contribution in [3.8, 4) is 5.75 Å². The first-order valence-corrected chi connectivity index (χ1v) is 14.3. The lowest BCUT2D eigenvalue weighted by Crippen LogP contribution is -2.37. The highest BCUT2D eigenvalue weighted by atomic mass is 16.5. The molecule has 216 valence electrons. The fourth-order valence-corrected chi connectivity index (χ4v) is 5.11. The van der Waals surface area contributed by atoms with Gasteiger partial charge in [0.1, 0.15) is 36.4 Å². The topological polar surface area (TPSA) is 130 Å². The maximum Gasteiger partial charge on any atom is 0.326 e. The second-order valence-electron chi connectivity index (χ2n) is 10.4. The fourth-order valence-electron chi connectivity index (χ4n) is 5.11. The van der Waals surface area contributed by atoms with E-state index in [0.717, 1.165) is 62.5 Å². The number of hydrogen-bond acceptors (Lipinski definition) is 9. The smallest absolute Gasteiger partial charge is 0.326 e. The van der Waals surface area contributed by atoms with Crippen molar-refractivity contribution in [2.75, 3.05) is 43.4 Å². The molecule has 1 atom stereocenters. The Labute approximate surface area is 240 Å². The van der Waals surface area contributed by atoms with Gasteiger partial charge in [-0.25, -0.2) is 19.7 Å².